The normalized spacial score (nSPS) is 11.3. The van der Waals surface area contributed by atoms with E-state index < -0.39 is 0 Å². The largest absolute Gasteiger partial charge is 0.236 e. The molecule has 2 aromatic heterocycles. The molecule has 2 heterocycles. The Labute approximate surface area is 122 Å². The first kappa shape index (κ1) is 12.0. The molecule has 21 heavy (non-hydrogen) atoms. The maximum Gasteiger partial charge on any atom is 0.182 e. The molecule has 0 saturated carbocycles. The van der Waals surface area contributed by atoms with Gasteiger partial charge in [0.05, 0.1) is 5.52 Å². The molecule has 0 fully saturated rings. The van der Waals surface area contributed by atoms with Gasteiger partial charge >= 0.3 is 0 Å². The van der Waals surface area contributed by atoms with E-state index in [0.29, 0.717) is 0 Å². The van der Waals surface area contributed by atoms with Gasteiger partial charge in [-0.1, -0.05) is 30.3 Å². The molecule has 4 heteroatoms. The molecule has 4 rings (SSSR count). The Morgan fingerprint density at radius 1 is 0.905 bits per heavy atom. The number of aromatic nitrogens is 4. The summed E-state index contributed by atoms with van der Waals surface area (Å²) in [6.45, 7) is 4.18. The third kappa shape index (κ3) is 1.80. The molecule has 0 atom stereocenters. The molecule has 102 valence electrons. The zero-order chi connectivity index (χ0) is 14.4. The van der Waals surface area contributed by atoms with Crippen LogP contribution in [0.2, 0.25) is 0 Å². The van der Waals surface area contributed by atoms with Gasteiger partial charge in [0.15, 0.2) is 11.5 Å². The molecule has 0 aliphatic rings. The molecule has 0 saturated heterocycles. The van der Waals surface area contributed by atoms with E-state index >= 15 is 0 Å². The summed E-state index contributed by atoms with van der Waals surface area (Å²) in [5.41, 5.74) is 5.25. The predicted octanol–water partition coefficient (Wildman–Crippen LogP) is 3.56. The lowest BCUT2D eigenvalue weighted by atomic mass is 10.0. The Morgan fingerprint density at radius 2 is 1.67 bits per heavy atom. The molecule has 2 aromatic carbocycles. The van der Waals surface area contributed by atoms with Gasteiger partial charge in [-0.05, 0) is 37.1 Å². The number of rotatable bonds is 1. The van der Waals surface area contributed by atoms with Crippen molar-refractivity contribution in [2.75, 3.05) is 0 Å². The standard InChI is InChI=1S/C17H14N4/c1-11-6-5-7-12(2)15(11)16-19-17-13-8-3-4-9-14(13)18-10-21(17)20-16/h3-10H,1-2H3. The fraction of sp³-hybridized carbons (Fsp3) is 0.118. The van der Waals surface area contributed by atoms with Crippen LogP contribution in [-0.2, 0) is 0 Å². The summed E-state index contributed by atoms with van der Waals surface area (Å²) in [7, 11) is 0. The minimum Gasteiger partial charge on any atom is -0.236 e. The first-order valence-corrected chi connectivity index (χ1v) is 6.91. The molecule has 0 radical (unpaired) electrons. The average Bonchev–Trinajstić information content (AvgIpc) is 2.91. The molecule has 4 nitrogen and oxygen atoms in total. The number of nitrogens with zero attached hydrogens (tertiary/aromatic N) is 4. The summed E-state index contributed by atoms with van der Waals surface area (Å²) >= 11 is 0. The van der Waals surface area contributed by atoms with Crippen LogP contribution in [0.25, 0.3) is 27.9 Å². The van der Waals surface area contributed by atoms with Crippen LogP contribution in [0.15, 0.2) is 48.8 Å². The van der Waals surface area contributed by atoms with Crippen molar-refractivity contribution in [1.82, 2.24) is 19.6 Å². The second kappa shape index (κ2) is 4.38. The van der Waals surface area contributed by atoms with Gasteiger partial charge in [0.25, 0.3) is 0 Å². The predicted molar refractivity (Wildman–Crippen MR) is 83.2 cm³/mol. The topological polar surface area (TPSA) is 43.1 Å². The number of benzene rings is 2. The Bertz CT molecular complexity index is 949. The molecule has 0 amide bonds. The third-order valence-electron chi connectivity index (χ3n) is 3.79. The number of fused-ring (bicyclic) bond motifs is 3. The monoisotopic (exact) mass is 274 g/mol. The summed E-state index contributed by atoms with van der Waals surface area (Å²) < 4.78 is 1.75. The summed E-state index contributed by atoms with van der Waals surface area (Å²) in [6.07, 6.45) is 1.72. The molecule has 0 unspecified atom stereocenters. The van der Waals surface area contributed by atoms with E-state index in [1.54, 1.807) is 10.8 Å². The van der Waals surface area contributed by atoms with Gasteiger partial charge in [0.2, 0.25) is 0 Å². The van der Waals surface area contributed by atoms with Crippen LogP contribution in [0.4, 0.5) is 0 Å². The molecular formula is C17H14N4. The minimum atomic E-state index is 0.753. The van der Waals surface area contributed by atoms with Crippen molar-refractivity contribution in [3.05, 3.63) is 59.9 Å². The summed E-state index contributed by atoms with van der Waals surface area (Å²) in [5, 5.41) is 5.62. The zero-order valence-corrected chi connectivity index (χ0v) is 11.9. The van der Waals surface area contributed by atoms with E-state index in [1.807, 2.05) is 24.3 Å². The maximum absolute atomic E-state index is 4.74. The minimum absolute atomic E-state index is 0.753. The fourth-order valence-corrected chi connectivity index (χ4v) is 2.75. The van der Waals surface area contributed by atoms with Crippen LogP contribution in [-0.4, -0.2) is 19.6 Å². The van der Waals surface area contributed by atoms with E-state index in [4.69, 9.17) is 4.98 Å². The van der Waals surface area contributed by atoms with Crippen molar-refractivity contribution in [2.45, 2.75) is 13.8 Å². The van der Waals surface area contributed by atoms with Crippen molar-refractivity contribution >= 4 is 16.6 Å². The van der Waals surface area contributed by atoms with Crippen LogP contribution < -0.4 is 0 Å². The smallest absolute Gasteiger partial charge is 0.182 e. The van der Waals surface area contributed by atoms with Crippen molar-refractivity contribution in [2.24, 2.45) is 0 Å². The summed E-state index contributed by atoms with van der Waals surface area (Å²) in [6, 6.07) is 14.2. The van der Waals surface area contributed by atoms with Crippen LogP contribution in [0.3, 0.4) is 0 Å². The van der Waals surface area contributed by atoms with E-state index in [-0.39, 0.29) is 0 Å². The molecule has 0 aliphatic heterocycles. The second-order valence-electron chi connectivity index (χ2n) is 5.23. The highest BCUT2D eigenvalue weighted by molar-refractivity contribution is 5.91. The summed E-state index contributed by atoms with van der Waals surface area (Å²) in [4.78, 5) is 9.17. The molecule has 0 bridgehead atoms. The Morgan fingerprint density at radius 3 is 2.48 bits per heavy atom. The molecule has 0 aliphatic carbocycles. The lowest BCUT2D eigenvalue weighted by Crippen LogP contribution is -1.92. The molecular weight excluding hydrogens is 260 g/mol. The van der Waals surface area contributed by atoms with Crippen molar-refractivity contribution < 1.29 is 0 Å². The highest BCUT2D eigenvalue weighted by Gasteiger charge is 2.13. The van der Waals surface area contributed by atoms with Gasteiger partial charge in [-0.2, -0.15) is 0 Å². The molecule has 0 spiro atoms. The first-order valence-electron chi connectivity index (χ1n) is 6.91. The lowest BCUT2D eigenvalue weighted by molar-refractivity contribution is 0.937. The third-order valence-corrected chi connectivity index (χ3v) is 3.79. The molecule has 4 aromatic rings. The number of para-hydroxylation sites is 1. The average molecular weight is 274 g/mol. The van der Waals surface area contributed by atoms with Gasteiger partial charge in [0, 0.05) is 10.9 Å². The van der Waals surface area contributed by atoms with Gasteiger partial charge in [0.1, 0.15) is 6.33 Å². The van der Waals surface area contributed by atoms with Crippen molar-refractivity contribution in [3.8, 4) is 11.4 Å². The van der Waals surface area contributed by atoms with E-state index in [1.165, 1.54) is 11.1 Å². The number of hydrogen-bond donors (Lipinski definition) is 0. The Hall–Kier alpha value is -2.75. The van der Waals surface area contributed by atoms with Crippen LogP contribution in [0, 0.1) is 13.8 Å². The van der Waals surface area contributed by atoms with Gasteiger partial charge < -0.3 is 0 Å². The van der Waals surface area contributed by atoms with E-state index in [2.05, 4.69) is 42.1 Å². The van der Waals surface area contributed by atoms with Crippen molar-refractivity contribution in [3.63, 3.8) is 0 Å². The van der Waals surface area contributed by atoms with Crippen LogP contribution >= 0.6 is 0 Å². The molecule has 0 N–H and O–H groups in total. The van der Waals surface area contributed by atoms with Crippen LogP contribution in [0.1, 0.15) is 11.1 Å². The lowest BCUT2D eigenvalue weighted by Gasteiger charge is -2.04. The SMILES string of the molecule is Cc1cccc(C)c1-c1nc2c3ccccc3ncn2n1. The fourth-order valence-electron chi connectivity index (χ4n) is 2.75. The van der Waals surface area contributed by atoms with E-state index in [9.17, 15) is 0 Å². The van der Waals surface area contributed by atoms with Gasteiger partial charge in [-0.25, -0.2) is 14.5 Å². The van der Waals surface area contributed by atoms with Gasteiger partial charge in [-0.3, -0.25) is 0 Å². The first-order chi connectivity index (χ1) is 10.2. The highest BCUT2D eigenvalue weighted by atomic mass is 15.3. The zero-order valence-electron chi connectivity index (χ0n) is 11.9. The van der Waals surface area contributed by atoms with Crippen LogP contribution in [0.5, 0.6) is 0 Å². The number of hydrogen-bond acceptors (Lipinski definition) is 3. The van der Waals surface area contributed by atoms with E-state index in [0.717, 1.165) is 27.9 Å². The quantitative estimate of drug-likeness (QED) is 0.533. The maximum atomic E-state index is 4.74. The van der Waals surface area contributed by atoms with Crippen molar-refractivity contribution in [1.29, 1.82) is 0 Å². The highest BCUT2D eigenvalue weighted by Crippen LogP contribution is 2.26. The Balaban J connectivity index is 2.06. The van der Waals surface area contributed by atoms with Gasteiger partial charge in [-0.15, -0.1) is 5.10 Å². The second-order valence-corrected chi connectivity index (χ2v) is 5.23. The summed E-state index contributed by atoms with van der Waals surface area (Å²) in [5.74, 6) is 0.753. The number of aryl methyl sites for hydroxylation is 2. The Kier molecular flexibility index (Phi) is 2.51.